The Hall–Kier alpha value is -1.44. The van der Waals surface area contributed by atoms with Gasteiger partial charge in [-0.1, -0.05) is 0 Å². The number of amides is 1. The van der Waals surface area contributed by atoms with Crippen LogP contribution in [0.3, 0.4) is 0 Å². The van der Waals surface area contributed by atoms with Gasteiger partial charge in [0.1, 0.15) is 5.00 Å². The number of hydrogen-bond donors (Lipinski definition) is 2. The number of anilines is 1. The summed E-state index contributed by atoms with van der Waals surface area (Å²) in [5.74, 6) is -0.613. The van der Waals surface area contributed by atoms with E-state index in [0.29, 0.717) is 23.2 Å². The minimum Gasteiger partial charge on any atom is -0.465 e. The van der Waals surface area contributed by atoms with E-state index in [2.05, 4.69) is 5.32 Å². The van der Waals surface area contributed by atoms with Crippen molar-refractivity contribution in [1.82, 2.24) is 4.90 Å². The van der Waals surface area contributed by atoms with E-state index in [4.69, 9.17) is 9.84 Å². The summed E-state index contributed by atoms with van der Waals surface area (Å²) in [6.07, 6.45) is 2.13. The zero-order valence-electron chi connectivity index (χ0n) is 13.1. The largest absolute Gasteiger partial charge is 0.465 e. The third kappa shape index (κ3) is 3.85. The normalized spacial score (nSPS) is 14.2. The van der Waals surface area contributed by atoms with Crippen LogP contribution in [-0.4, -0.2) is 54.7 Å². The first-order valence-corrected chi connectivity index (χ1v) is 8.12. The maximum atomic E-state index is 12.2. The minimum atomic E-state index is -0.438. The Bertz CT molecular complexity index is 566. The number of carbonyl (C=O) groups is 2. The van der Waals surface area contributed by atoms with Gasteiger partial charge in [-0.05, 0) is 32.3 Å². The lowest BCUT2D eigenvalue weighted by molar-refractivity contribution is -0.117. The van der Waals surface area contributed by atoms with Crippen molar-refractivity contribution in [2.75, 3.05) is 32.1 Å². The van der Waals surface area contributed by atoms with Crippen molar-refractivity contribution in [2.45, 2.75) is 32.7 Å². The summed E-state index contributed by atoms with van der Waals surface area (Å²) in [5.41, 5.74) is 1.26. The van der Waals surface area contributed by atoms with Crippen LogP contribution in [0.1, 0.15) is 33.6 Å². The monoisotopic (exact) mass is 326 g/mol. The van der Waals surface area contributed by atoms with Gasteiger partial charge in [0.25, 0.3) is 0 Å². The second-order valence-electron chi connectivity index (χ2n) is 5.45. The van der Waals surface area contributed by atoms with Crippen LogP contribution in [0, 0.1) is 13.8 Å². The van der Waals surface area contributed by atoms with Gasteiger partial charge in [0.05, 0.1) is 25.8 Å². The van der Waals surface area contributed by atoms with Gasteiger partial charge in [-0.3, -0.25) is 9.69 Å². The van der Waals surface area contributed by atoms with E-state index in [9.17, 15) is 9.59 Å². The third-order valence-electron chi connectivity index (χ3n) is 3.82. The van der Waals surface area contributed by atoms with Crippen molar-refractivity contribution < 1.29 is 19.4 Å². The van der Waals surface area contributed by atoms with Crippen LogP contribution in [0.4, 0.5) is 5.00 Å². The molecule has 0 radical (unpaired) electrons. The molecule has 122 valence electrons. The zero-order valence-corrected chi connectivity index (χ0v) is 14.0. The van der Waals surface area contributed by atoms with E-state index >= 15 is 0 Å². The van der Waals surface area contributed by atoms with Crippen LogP contribution in [0.25, 0.3) is 0 Å². The molecule has 22 heavy (non-hydrogen) atoms. The Morgan fingerprint density at radius 1 is 1.41 bits per heavy atom. The van der Waals surface area contributed by atoms with E-state index in [-0.39, 0.29) is 19.1 Å². The second-order valence-corrected chi connectivity index (χ2v) is 6.68. The van der Waals surface area contributed by atoms with Crippen LogP contribution in [0.15, 0.2) is 0 Å². The van der Waals surface area contributed by atoms with Crippen LogP contribution >= 0.6 is 11.3 Å². The first-order valence-electron chi connectivity index (χ1n) is 7.31. The molecule has 2 N–H and O–H groups in total. The van der Waals surface area contributed by atoms with Gasteiger partial charge in [0.15, 0.2) is 0 Å². The summed E-state index contributed by atoms with van der Waals surface area (Å²) >= 11 is 1.38. The van der Waals surface area contributed by atoms with E-state index in [1.807, 2.05) is 18.7 Å². The van der Waals surface area contributed by atoms with Crippen LogP contribution in [0.5, 0.6) is 0 Å². The highest BCUT2D eigenvalue weighted by molar-refractivity contribution is 7.16. The molecule has 2 rings (SSSR count). The van der Waals surface area contributed by atoms with Crippen molar-refractivity contribution >= 4 is 28.2 Å². The Morgan fingerprint density at radius 3 is 2.64 bits per heavy atom. The Kier molecular flexibility index (Phi) is 5.55. The summed E-state index contributed by atoms with van der Waals surface area (Å²) in [4.78, 5) is 27.1. The molecule has 6 nitrogen and oxygen atoms in total. The predicted octanol–water partition coefficient (Wildman–Crippen LogP) is 1.55. The van der Waals surface area contributed by atoms with Crippen molar-refractivity contribution in [1.29, 1.82) is 0 Å². The third-order valence-corrected chi connectivity index (χ3v) is 4.95. The number of aryl methyl sites for hydroxylation is 1. The molecule has 1 aliphatic rings. The standard InChI is InChI=1S/C15H22N2O4S/c1-9-10(2)22-14(13(9)15(20)21-3)16-12(19)8-17(6-7-18)11-4-5-11/h11,18H,4-8H2,1-3H3,(H,16,19). The number of nitrogens with one attached hydrogen (secondary N) is 1. The molecule has 7 heteroatoms. The quantitative estimate of drug-likeness (QED) is 0.743. The molecule has 1 heterocycles. The summed E-state index contributed by atoms with van der Waals surface area (Å²) in [5, 5.41) is 12.4. The van der Waals surface area contributed by atoms with Crippen LogP contribution < -0.4 is 5.32 Å². The highest BCUT2D eigenvalue weighted by Crippen LogP contribution is 2.33. The van der Waals surface area contributed by atoms with E-state index in [0.717, 1.165) is 23.3 Å². The Morgan fingerprint density at radius 2 is 2.09 bits per heavy atom. The topological polar surface area (TPSA) is 78.9 Å². The molecule has 0 unspecified atom stereocenters. The van der Waals surface area contributed by atoms with E-state index < -0.39 is 5.97 Å². The minimum absolute atomic E-state index is 0.0361. The van der Waals surface area contributed by atoms with Crippen molar-refractivity contribution in [2.24, 2.45) is 0 Å². The number of nitrogens with zero attached hydrogens (tertiary/aromatic N) is 1. The van der Waals surface area contributed by atoms with Gasteiger partial charge in [-0.2, -0.15) is 0 Å². The molecule has 1 aromatic heterocycles. The first kappa shape index (κ1) is 16.9. The number of hydrogen-bond acceptors (Lipinski definition) is 6. The van der Waals surface area contributed by atoms with Gasteiger partial charge >= 0.3 is 5.97 Å². The van der Waals surface area contributed by atoms with Gasteiger partial charge in [0.2, 0.25) is 5.91 Å². The number of aliphatic hydroxyl groups is 1. The summed E-state index contributed by atoms with van der Waals surface area (Å²) < 4.78 is 4.79. The predicted molar refractivity (Wildman–Crippen MR) is 85.4 cm³/mol. The molecule has 1 amide bonds. The molecule has 1 fully saturated rings. The molecule has 0 atom stereocenters. The zero-order chi connectivity index (χ0) is 16.3. The number of rotatable bonds is 7. The summed E-state index contributed by atoms with van der Waals surface area (Å²) in [6, 6.07) is 0.393. The average molecular weight is 326 g/mol. The maximum absolute atomic E-state index is 12.2. The highest BCUT2D eigenvalue weighted by Gasteiger charge is 2.30. The van der Waals surface area contributed by atoms with Crippen molar-refractivity contribution in [3.8, 4) is 0 Å². The molecule has 0 saturated heterocycles. The molecule has 0 aromatic carbocycles. The highest BCUT2D eigenvalue weighted by atomic mass is 32.1. The molecule has 1 saturated carbocycles. The number of esters is 1. The van der Waals surface area contributed by atoms with Crippen LogP contribution in [0.2, 0.25) is 0 Å². The number of ether oxygens (including phenoxy) is 1. The van der Waals surface area contributed by atoms with Crippen molar-refractivity contribution in [3.63, 3.8) is 0 Å². The SMILES string of the molecule is COC(=O)c1c(NC(=O)CN(CCO)C2CC2)sc(C)c1C. The lowest BCUT2D eigenvalue weighted by Gasteiger charge is -2.19. The molecular weight excluding hydrogens is 304 g/mol. The smallest absolute Gasteiger partial charge is 0.341 e. The van der Waals surface area contributed by atoms with Gasteiger partial charge in [-0.15, -0.1) is 11.3 Å². The fourth-order valence-corrected chi connectivity index (χ4v) is 3.44. The number of thiophene rings is 1. The molecule has 0 spiro atoms. The average Bonchev–Trinajstić information content (AvgIpc) is 3.27. The van der Waals surface area contributed by atoms with Crippen LogP contribution in [-0.2, 0) is 9.53 Å². The number of methoxy groups -OCH3 is 1. The molecule has 1 aliphatic carbocycles. The Labute approximate surface area is 134 Å². The van der Waals surface area contributed by atoms with Crippen molar-refractivity contribution in [3.05, 3.63) is 16.0 Å². The molecule has 0 aliphatic heterocycles. The van der Waals surface area contributed by atoms with Gasteiger partial charge in [-0.25, -0.2) is 4.79 Å². The fourth-order valence-electron chi connectivity index (χ4n) is 2.37. The van der Waals surface area contributed by atoms with Gasteiger partial charge in [0, 0.05) is 17.5 Å². The molecular formula is C15H22N2O4S. The molecule has 0 bridgehead atoms. The van der Waals surface area contributed by atoms with E-state index in [1.54, 1.807) is 0 Å². The first-order chi connectivity index (χ1) is 10.5. The van der Waals surface area contributed by atoms with Gasteiger partial charge < -0.3 is 15.2 Å². The maximum Gasteiger partial charge on any atom is 0.341 e. The molecule has 1 aromatic rings. The number of aliphatic hydroxyl groups excluding tert-OH is 1. The Balaban J connectivity index is 2.07. The van der Waals surface area contributed by atoms with E-state index in [1.165, 1.54) is 18.4 Å². The lowest BCUT2D eigenvalue weighted by atomic mass is 10.1. The summed E-state index contributed by atoms with van der Waals surface area (Å²) in [6.45, 7) is 4.50. The lowest BCUT2D eigenvalue weighted by Crippen LogP contribution is -2.36. The summed E-state index contributed by atoms with van der Waals surface area (Å²) in [7, 11) is 1.33. The second kappa shape index (κ2) is 7.21. The fraction of sp³-hybridized carbons (Fsp3) is 0.600. The number of carbonyl (C=O) groups excluding carboxylic acids is 2.